The van der Waals surface area contributed by atoms with Gasteiger partial charge in [-0.1, -0.05) is 6.07 Å². The van der Waals surface area contributed by atoms with Gasteiger partial charge in [-0.3, -0.25) is 19.4 Å². The van der Waals surface area contributed by atoms with Gasteiger partial charge in [0.25, 0.3) is 0 Å². The predicted octanol–water partition coefficient (Wildman–Crippen LogP) is 0.755. The Morgan fingerprint density at radius 2 is 1.16 bits per heavy atom. The molecular formula is C27H35N3O8. The molecule has 4 bridgehead atoms. The van der Waals surface area contributed by atoms with Gasteiger partial charge >= 0.3 is 11.9 Å². The molecule has 6 aliphatic rings. The zero-order chi connectivity index (χ0) is 26.9. The third-order valence-corrected chi connectivity index (χ3v) is 8.68. The predicted molar refractivity (Wildman–Crippen MR) is 133 cm³/mol. The molecule has 1 aromatic rings. The molecule has 0 saturated carbocycles. The number of ether oxygens (including phenoxy) is 4. The highest BCUT2D eigenvalue weighted by Gasteiger charge is 2.55. The molecule has 0 aromatic carbocycles. The minimum atomic E-state index is -1.00. The van der Waals surface area contributed by atoms with Crippen LogP contribution in [0.25, 0.3) is 0 Å². The van der Waals surface area contributed by atoms with Gasteiger partial charge in [-0.25, -0.2) is 14.6 Å². The zero-order valence-corrected chi connectivity index (χ0v) is 22.0. The number of nitrogens with zero attached hydrogens (tertiary/aromatic N) is 3. The van der Waals surface area contributed by atoms with E-state index in [0.29, 0.717) is 0 Å². The van der Waals surface area contributed by atoms with E-state index in [0.717, 1.165) is 51.9 Å². The molecule has 6 saturated heterocycles. The lowest BCUT2D eigenvalue weighted by Gasteiger charge is -2.51. The van der Waals surface area contributed by atoms with Gasteiger partial charge in [0.1, 0.15) is 35.7 Å². The molecule has 0 unspecified atom stereocenters. The third-order valence-electron chi connectivity index (χ3n) is 8.68. The average Bonchev–Trinajstić information content (AvgIpc) is 2.95. The van der Waals surface area contributed by atoms with Gasteiger partial charge in [0, 0.05) is 52.2 Å². The smallest absolute Gasteiger partial charge is 0.357 e. The number of fused-ring (bicyclic) bond motifs is 6. The van der Waals surface area contributed by atoms with Gasteiger partial charge < -0.3 is 18.9 Å². The number of hydrogen-bond donors (Lipinski definition) is 0. The largest absolute Gasteiger partial charge is 0.458 e. The standard InChI is InChI=1S/C27H35N3O8/c1-35-14-26(22(31)18-6-10-29(26)11-7-18)16-37-24(33)20-4-3-5-21(28-20)25(34)38-17-27(15-36-2)23(32)19-8-12-30(27)13-9-19/h3-5,18-19H,6-17H2,1-2H3/t26-,27-/m1/s1. The molecule has 206 valence electrons. The monoisotopic (exact) mass is 529 g/mol. The Kier molecular flexibility index (Phi) is 7.63. The van der Waals surface area contributed by atoms with Crippen molar-refractivity contribution in [2.75, 3.05) is 66.8 Å². The fraction of sp³-hybridized carbons (Fsp3) is 0.667. The van der Waals surface area contributed by atoms with Crippen molar-refractivity contribution in [3.8, 4) is 0 Å². The highest BCUT2D eigenvalue weighted by atomic mass is 16.5. The molecule has 0 aliphatic carbocycles. The van der Waals surface area contributed by atoms with Crippen LogP contribution in [-0.2, 0) is 28.5 Å². The number of aromatic nitrogens is 1. The maximum Gasteiger partial charge on any atom is 0.357 e. The minimum absolute atomic E-state index is 0.0432. The number of piperidine rings is 6. The van der Waals surface area contributed by atoms with Crippen LogP contribution in [0.2, 0.25) is 0 Å². The summed E-state index contributed by atoms with van der Waals surface area (Å²) in [6, 6.07) is 4.41. The van der Waals surface area contributed by atoms with E-state index in [4.69, 9.17) is 18.9 Å². The highest BCUT2D eigenvalue weighted by molar-refractivity contribution is 5.95. The summed E-state index contributed by atoms with van der Waals surface area (Å²) in [7, 11) is 3.05. The second-order valence-electron chi connectivity index (χ2n) is 10.7. The molecule has 0 spiro atoms. The quantitative estimate of drug-likeness (QED) is 0.399. The average molecular weight is 530 g/mol. The maximum atomic E-state index is 13.1. The normalized spacial score (nSPS) is 33.8. The summed E-state index contributed by atoms with van der Waals surface area (Å²) in [5.74, 6) is -1.49. The SMILES string of the molecule is COC[C@@]1(COC(=O)c2cccc(C(=O)OC[C@]3(COC)C(=O)C4CCN3CC4)n2)C(=O)C2CCN1CC2. The first kappa shape index (κ1) is 26.9. The second-order valence-corrected chi connectivity index (χ2v) is 10.7. The summed E-state index contributed by atoms with van der Waals surface area (Å²) in [4.78, 5) is 60.3. The number of ketones is 2. The third kappa shape index (κ3) is 4.55. The molecule has 38 heavy (non-hydrogen) atoms. The maximum absolute atomic E-state index is 13.1. The first-order valence-corrected chi connectivity index (χ1v) is 13.2. The first-order chi connectivity index (χ1) is 18.3. The van der Waals surface area contributed by atoms with Crippen LogP contribution in [0.1, 0.15) is 46.7 Å². The van der Waals surface area contributed by atoms with Gasteiger partial charge in [-0.2, -0.15) is 0 Å². The van der Waals surface area contributed by atoms with E-state index in [2.05, 4.69) is 4.98 Å². The molecule has 7 rings (SSSR count). The number of hydrogen-bond acceptors (Lipinski definition) is 11. The number of esters is 2. The molecule has 6 fully saturated rings. The highest BCUT2D eigenvalue weighted by Crippen LogP contribution is 2.38. The topological polar surface area (TPSA) is 125 Å². The van der Waals surface area contributed by atoms with Crippen molar-refractivity contribution in [1.29, 1.82) is 0 Å². The van der Waals surface area contributed by atoms with Crippen LogP contribution in [-0.4, -0.2) is 116 Å². The lowest BCUT2D eigenvalue weighted by atomic mass is 9.74. The Hall–Kier alpha value is -2.73. The van der Waals surface area contributed by atoms with E-state index in [1.54, 1.807) is 0 Å². The van der Waals surface area contributed by atoms with Gasteiger partial charge in [-0.05, 0) is 37.8 Å². The van der Waals surface area contributed by atoms with Crippen LogP contribution in [0, 0.1) is 11.8 Å². The Labute approximate surface area is 221 Å². The van der Waals surface area contributed by atoms with Crippen molar-refractivity contribution >= 4 is 23.5 Å². The number of Topliss-reactive ketones (excluding diaryl/α,β-unsaturated/α-hetero) is 2. The van der Waals surface area contributed by atoms with Crippen LogP contribution in [0.3, 0.4) is 0 Å². The molecule has 11 heteroatoms. The fourth-order valence-electron chi connectivity index (χ4n) is 6.60. The van der Waals surface area contributed by atoms with Crippen LogP contribution < -0.4 is 0 Å². The summed E-state index contributed by atoms with van der Waals surface area (Å²) in [5.41, 5.74) is -2.14. The van der Waals surface area contributed by atoms with Crippen molar-refractivity contribution in [1.82, 2.24) is 14.8 Å². The van der Waals surface area contributed by atoms with E-state index in [1.807, 2.05) is 9.80 Å². The van der Waals surface area contributed by atoms with Crippen LogP contribution in [0.5, 0.6) is 0 Å². The van der Waals surface area contributed by atoms with Crippen molar-refractivity contribution in [2.45, 2.75) is 36.8 Å². The van der Waals surface area contributed by atoms with Crippen molar-refractivity contribution in [2.24, 2.45) is 11.8 Å². The van der Waals surface area contributed by atoms with Crippen molar-refractivity contribution in [3.05, 3.63) is 29.6 Å². The zero-order valence-electron chi connectivity index (χ0n) is 22.0. The summed E-state index contributed by atoms with van der Waals surface area (Å²) in [5, 5.41) is 0. The number of methoxy groups -OCH3 is 2. The number of carbonyl (C=O) groups is 4. The van der Waals surface area contributed by atoms with Crippen LogP contribution in [0.15, 0.2) is 18.2 Å². The second kappa shape index (κ2) is 10.8. The molecule has 0 N–H and O–H groups in total. The fourth-order valence-corrected chi connectivity index (χ4v) is 6.60. The van der Waals surface area contributed by atoms with E-state index in [1.165, 1.54) is 32.4 Å². The molecule has 7 heterocycles. The van der Waals surface area contributed by atoms with E-state index < -0.39 is 23.0 Å². The Morgan fingerprint density at radius 1 is 0.763 bits per heavy atom. The Morgan fingerprint density at radius 3 is 1.50 bits per heavy atom. The van der Waals surface area contributed by atoms with Crippen molar-refractivity contribution in [3.63, 3.8) is 0 Å². The Bertz CT molecular complexity index is 1010. The molecular weight excluding hydrogens is 494 g/mol. The number of rotatable bonds is 10. The molecule has 6 aliphatic heterocycles. The summed E-state index contributed by atoms with van der Waals surface area (Å²) < 4.78 is 21.9. The van der Waals surface area contributed by atoms with Gasteiger partial charge in [-0.15, -0.1) is 0 Å². The van der Waals surface area contributed by atoms with Gasteiger partial charge in [0.15, 0.2) is 11.6 Å². The lowest BCUT2D eigenvalue weighted by Crippen LogP contribution is -2.69. The molecule has 0 amide bonds. The Balaban J connectivity index is 1.25. The van der Waals surface area contributed by atoms with E-state index in [9.17, 15) is 19.2 Å². The lowest BCUT2D eigenvalue weighted by molar-refractivity contribution is -0.159. The molecule has 11 nitrogen and oxygen atoms in total. The van der Waals surface area contributed by atoms with Gasteiger partial charge in [0.05, 0.1) is 13.2 Å². The van der Waals surface area contributed by atoms with E-state index in [-0.39, 0.29) is 61.2 Å². The summed E-state index contributed by atoms with van der Waals surface area (Å²) >= 11 is 0. The summed E-state index contributed by atoms with van der Waals surface area (Å²) in [6.45, 7) is 2.98. The first-order valence-electron chi connectivity index (χ1n) is 13.2. The molecule has 1 aromatic heterocycles. The minimum Gasteiger partial charge on any atom is -0.458 e. The van der Waals surface area contributed by atoms with E-state index >= 15 is 0 Å². The number of carbonyl (C=O) groups excluding carboxylic acids is 4. The summed E-state index contributed by atoms with van der Waals surface area (Å²) in [6.07, 6.45) is 3.22. The molecule has 0 radical (unpaired) electrons. The van der Waals surface area contributed by atoms with Crippen molar-refractivity contribution < 1.29 is 38.1 Å². The van der Waals surface area contributed by atoms with Gasteiger partial charge in [0.2, 0.25) is 0 Å². The number of pyridine rings is 1. The van der Waals surface area contributed by atoms with Crippen LogP contribution in [0.4, 0.5) is 0 Å². The molecule has 2 atom stereocenters. The van der Waals surface area contributed by atoms with Crippen LogP contribution >= 0.6 is 0 Å².